The van der Waals surface area contributed by atoms with Gasteiger partial charge in [0.2, 0.25) is 5.88 Å². The first kappa shape index (κ1) is 31.7. The van der Waals surface area contributed by atoms with Crippen LogP contribution in [-0.4, -0.2) is 42.4 Å². The lowest BCUT2D eigenvalue weighted by molar-refractivity contribution is -0.133. The van der Waals surface area contributed by atoms with Crippen molar-refractivity contribution in [3.8, 4) is 17.4 Å². The van der Waals surface area contributed by atoms with E-state index in [1.165, 1.54) is 4.90 Å². The van der Waals surface area contributed by atoms with Crippen molar-refractivity contribution in [3.05, 3.63) is 76.8 Å². The molecule has 3 aromatic rings. The maximum atomic E-state index is 14.0. The highest BCUT2D eigenvalue weighted by Gasteiger charge is 2.46. The Balaban J connectivity index is 1.85. The lowest BCUT2D eigenvalue weighted by Gasteiger charge is -2.40. The summed E-state index contributed by atoms with van der Waals surface area (Å²) in [4.78, 5) is 35.3. The van der Waals surface area contributed by atoms with Crippen molar-refractivity contribution >= 4 is 40.8 Å². The molecule has 1 atom stereocenters. The zero-order valence-corrected chi connectivity index (χ0v) is 26.6. The van der Waals surface area contributed by atoms with Gasteiger partial charge in [0.05, 0.1) is 26.5 Å². The summed E-state index contributed by atoms with van der Waals surface area (Å²) in [5, 5.41) is 0.485. The third kappa shape index (κ3) is 7.22. The number of hydrogen-bond donors (Lipinski definition) is 0. The molecule has 0 fully saturated rings. The molecule has 1 aliphatic heterocycles. The van der Waals surface area contributed by atoms with E-state index in [2.05, 4.69) is 0 Å². The number of fused-ring (bicyclic) bond motifs is 1. The molecular formula is C33H38ClN3O6. The van der Waals surface area contributed by atoms with Gasteiger partial charge in [0.15, 0.2) is 5.60 Å². The van der Waals surface area contributed by atoms with Gasteiger partial charge in [0, 0.05) is 23.1 Å². The molecule has 228 valence electrons. The molecule has 0 bridgehead atoms. The average molecular weight is 608 g/mol. The number of nitrogens with zero attached hydrogens (tertiary/aromatic N) is 3. The second-order valence-corrected chi connectivity index (χ2v) is 12.1. The minimum atomic E-state index is -1.27. The van der Waals surface area contributed by atoms with E-state index in [0.717, 1.165) is 5.57 Å². The van der Waals surface area contributed by atoms with Crippen molar-refractivity contribution in [1.82, 2.24) is 4.98 Å². The number of carbonyl (C=O) groups is 2. The highest BCUT2D eigenvalue weighted by molar-refractivity contribution is 6.31. The molecule has 2 aromatic carbocycles. The minimum Gasteiger partial charge on any atom is -0.497 e. The Labute approximate surface area is 258 Å². The number of aromatic nitrogens is 1. The lowest BCUT2D eigenvalue weighted by atomic mass is 9.96. The topological polar surface area (TPSA) is 90.4 Å². The second-order valence-electron chi connectivity index (χ2n) is 11.7. The number of benzene rings is 2. The lowest BCUT2D eigenvalue weighted by Crippen LogP contribution is -2.52. The number of methoxy groups -OCH3 is 2. The number of pyridine rings is 1. The Morgan fingerprint density at radius 2 is 1.84 bits per heavy atom. The summed E-state index contributed by atoms with van der Waals surface area (Å²) in [6.07, 6.45) is 1.66. The quantitative estimate of drug-likeness (QED) is 0.241. The zero-order chi connectivity index (χ0) is 31.5. The normalized spacial score (nSPS) is 16.1. The Morgan fingerprint density at radius 3 is 2.47 bits per heavy atom. The fourth-order valence-corrected chi connectivity index (χ4v) is 4.71. The van der Waals surface area contributed by atoms with E-state index in [4.69, 9.17) is 35.5 Å². The summed E-state index contributed by atoms with van der Waals surface area (Å²) >= 11 is 6.32. The molecular weight excluding hydrogens is 570 g/mol. The molecule has 1 unspecified atom stereocenters. The maximum Gasteiger partial charge on any atom is 0.416 e. The minimum absolute atomic E-state index is 0.0832. The van der Waals surface area contributed by atoms with Gasteiger partial charge in [-0.05, 0) is 84.0 Å². The second kappa shape index (κ2) is 12.6. The van der Waals surface area contributed by atoms with Crippen LogP contribution in [0.15, 0.2) is 66.2 Å². The van der Waals surface area contributed by atoms with Crippen molar-refractivity contribution < 1.29 is 28.5 Å². The summed E-state index contributed by atoms with van der Waals surface area (Å²) in [5.74, 6) is 1.36. The third-order valence-corrected chi connectivity index (χ3v) is 6.96. The fourth-order valence-electron chi connectivity index (χ4n) is 4.53. The third-order valence-electron chi connectivity index (χ3n) is 6.72. The zero-order valence-electron chi connectivity index (χ0n) is 25.9. The smallest absolute Gasteiger partial charge is 0.416 e. The van der Waals surface area contributed by atoms with Crippen LogP contribution in [-0.2, 0) is 16.1 Å². The van der Waals surface area contributed by atoms with Gasteiger partial charge >= 0.3 is 6.09 Å². The number of ether oxygens (including phenoxy) is 4. The van der Waals surface area contributed by atoms with E-state index >= 15 is 0 Å². The van der Waals surface area contributed by atoms with Gasteiger partial charge in [-0.3, -0.25) is 14.6 Å². The summed E-state index contributed by atoms with van der Waals surface area (Å²) in [6, 6.07) is 15.8. The molecule has 2 amide bonds. The van der Waals surface area contributed by atoms with Gasteiger partial charge in [-0.15, -0.1) is 0 Å². The number of rotatable bonds is 8. The van der Waals surface area contributed by atoms with Crippen molar-refractivity contribution in [2.24, 2.45) is 0 Å². The van der Waals surface area contributed by atoms with Crippen LogP contribution in [0.5, 0.6) is 17.4 Å². The predicted octanol–water partition coefficient (Wildman–Crippen LogP) is 7.87. The van der Waals surface area contributed by atoms with Crippen molar-refractivity contribution in [2.45, 2.75) is 65.7 Å². The first-order valence-corrected chi connectivity index (χ1v) is 14.3. The monoisotopic (exact) mass is 607 g/mol. The van der Waals surface area contributed by atoms with Crippen molar-refractivity contribution in [1.29, 1.82) is 0 Å². The van der Waals surface area contributed by atoms with Gasteiger partial charge in [0.1, 0.15) is 28.6 Å². The highest BCUT2D eigenvalue weighted by Crippen LogP contribution is 2.44. The molecule has 0 saturated carbocycles. The molecule has 43 heavy (non-hydrogen) atoms. The van der Waals surface area contributed by atoms with Gasteiger partial charge in [-0.25, -0.2) is 4.79 Å². The predicted molar refractivity (Wildman–Crippen MR) is 168 cm³/mol. The number of anilines is 3. The van der Waals surface area contributed by atoms with Crippen LogP contribution in [0.3, 0.4) is 0 Å². The van der Waals surface area contributed by atoms with Crippen LogP contribution >= 0.6 is 11.6 Å². The molecule has 0 saturated heterocycles. The number of hydrogen-bond acceptors (Lipinski definition) is 7. The Bertz CT molecular complexity index is 1550. The van der Waals surface area contributed by atoms with E-state index in [-0.39, 0.29) is 24.1 Å². The number of amides is 2. The number of halogens is 1. The first-order valence-electron chi connectivity index (χ1n) is 13.9. The molecule has 1 aliphatic rings. The number of carbonyl (C=O) groups excluding carboxylic acids is 2. The van der Waals surface area contributed by atoms with E-state index in [1.54, 1.807) is 95.3 Å². The maximum absolute atomic E-state index is 14.0. The molecule has 10 heteroatoms. The molecule has 0 spiro atoms. The van der Waals surface area contributed by atoms with Crippen LogP contribution < -0.4 is 24.0 Å². The summed E-state index contributed by atoms with van der Waals surface area (Å²) in [6.45, 7) is 11.1. The summed E-state index contributed by atoms with van der Waals surface area (Å²) in [5.41, 5.74) is 0.725. The SMILES string of the molecule is COc1ccc(CN(C(=O)OC(C)(C)C)c2ccc3c(n2)OC(C)(CC=C(C)C)C(=O)N3c2cccc(Cl)c2)c(OC)c1. The van der Waals surface area contributed by atoms with Crippen molar-refractivity contribution in [3.63, 3.8) is 0 Å². The van der Waals surface area contributed by atoms with Crippen molar-refractivity contribution in [2.75, 3.05) is 24.0 Å². The molecule has 0 aliphatic carbocycles. The molecule has 9 nitrogen and oxygen atoms in total. The standard InChI is InChI=1S/C33H38ClN3O6/c1-21(2)16-17-33(6)30(38)37(24-11-9-10-23(34)18-24)26-14-15-28(35-29(26)42-33)36(31(39)43-32(3,4)5)20-22-12-13-25(40-7)19-27(22)41-8/h9-16,18-19H,17,20H2,1-8H3. The van der Waals surface area contributed by atoms with Crippen LogP contribution in [0, 0.1) is 0 Å². The van der Waals surface area contributed by atoms with Crippen LogP contribution in [0.4, 0.5) is 22.0 Å². The Morgan fingerprint density at radius 1 is 1.09 bits per heavy atom. The van der Waals surface area contributed by atoms with E-state index in [1.807, 2.05) is 26.0 Å². The number of allylic oxidation sites excluding steroid dienone is 1. The van der Waals surface area contributed by atoms with Gasteiger partial charge in [-0.1, -0.05) is 29.3 Å². The van der Waals surface area contributed by atoms with E-state index in [0.29, 0.717) is 39.9 Å². The molecule has 0 radical (unpaired) electrons. The molecule has 0 N–H and O–H groups in total. The highest BCUT2D eigenvalue weighted by atomic mass is 35.5. The molecule has 4 rings (SSSR count). The van der Waals surface area contributed by atoms with Crippen LogP contribution in [0.1, 0.15) is 53.5 Å². The van der Waals surface area contributed by atoms with Crippen LogP contribution in [0.25, 0.3) is 0 Å². The van der Waals surface area contributed by atoms with Crippen LogP contribution in [0.2, 0.25) is 5.02 Å². The Hall–Kier alpha value is -4.24. The average Bonchev–Trinajstić information content (AvgIpc) is 2.94. The first-order chi connectivity index (χ1) is 20.2. The largest absolute Gasteiger partial charge is 0.497 e. The summed E-state index contributed by atoms with van der Waals surface area (Å²) < 4.78 is 23.1. The molecule has 2 heterocycles. The van der Waals surface area contributed by atoms with Gasteiger partial charge in [0.25, 0.3) is 5.91 Å². The van der Waals surface area contributed by atoms with E-state index < -0.39 is 17.3 Å². The Kier molecular flexibility index (Phi) is 9.25. The fraction of sp³-hybridized carbons (Fsp3) is 0.364. The van der Waals surface area contributed by atoms with Gasteiger partial charge in [-0.2, -0.15) is 4.98 Å². The summed E-state index contributed by atoms with van der Waals surface area (Å²) in [7, 11) is 3.12. The van der Waals surface area contributed by atoms with E-state index in [9.17, 15) is 9.59 Å². The molecule has 1 aromatic heterocycles. The van der Waals surface area contributed by atoms with Gasteiger partial charge < -0.3 is 18.9 Å².